The number of carbonyl (C=O) groups excluding carboxylic acids is 2. The summed E-state index contributed by atoms with van der Waals surface area (Å²) in [6.45, 7) is 4.17. The van der Waals surface area contributed by atoms with Gasteiger partial charge in [-0.1, -0.05) is 13.0 Å². The summed E-state index contributed by atoms with van der Waals surface area (Å²) in [4.78, 5) is 28.8. The number of halogens is 2. The minimum atomic E-state index is -1.75. The van der Waals surface area contributed by atoms with Gasteiger partial charge in [0.05, 0.1) is 5.56 Å². The van der Waals surface area contributed by atoms with Crippen molar-refractivity contribution in [3.8, 4) is 11.1 Å². The highest BCUT2D eigenvalue weighted by Gasteiger charge is 2.20. The van der Waals surface area contributed by atoms with Crippen LogP contribution in [-0.4, -0.2) is 28.4 Å². The summed E-state index contributed by atoms with van der Waals surface area (Å²) < 4.78 is 26.8. The third-order valence-corrected chi connectivity index (χ3v) is 5.01. The van der Waals surface area contributed by atoms with E-state index in [0.29, 0.717) is 30.3 Å². The smallest absolute Gasteiger partial charge is 0.257 e. The number of amides is 2. The van der Waals surface area contributed by atoms with Gasteiger partial charge in [0, 0.05) is 30.1 Å². The highest BCUT2D eigenvalue weighted by molar-refractivity contribution is 5.99. The van der Waals surface area contributed by atoms with Gasteiger partial charge < -0.3 is 21.5 Å². The number of nitrogens with two attached hydrogens (primary N) is 1. The first-order valence-electron chi connectivity index (χ1n) is 10.3. The van der Waals surface area contributed by atoms with E-state index in [-0.39, 0.29) is 22.9 Å². The number of carbonyl (C=O) groups is 2. The molecule has 2 amide bonds. The third kappa shape index (κ3) is 5.50. The van der Waals surface area contributed by atoms with Gasteiger partial charge in [0.2, 0.25) is 0 Å². The molecule has 1 heterocycles. The summed E-state index contributed by atoms with van der Waals surface area (Å²) in [5.41, 5.74) is 8.63. The number of aliphatic hydroxyl groups is 1. The van der Waals surface area contributed by atoms with Crippen molar-refractivity contribution in [3.05, 3.63) is 77.0 Å². The van der Waals surface area contributed by atoms with Gasteiger partial charge in [0.15, 0.2) is 6.10 Å². The molecule has 3 rings (SSSR count). The van der Waals surface area contributed by atoms with Crippen molar-refractivity contribution in [1.29, 1.82) is 0 Å². The van der Waals surface area contributed by atoms with E-state index in [0.717, 1.165) is 23.3 Å². The molecule has 0 unspecified atom stereocenters. The Labute approximate surface area is 189 Å². The molecule has 1 aromatic heterocycles. The molecule has 0 aliphatic rings. The van der Waals surface area contributed by atoms with E-state index < -0.39 is 23.6 Å². The molecule has 0 saturated heterocycles. The Kier molecular flexibility index (Phi) is 7.34. The lowest BCUT2D eigenvalue weighted by molar-refractivity contribution is -0.124. The number of pyridine rings is 1. The Balaban J connectivity index is 1.86. The van der Waals surface area contributed by atoms with Crippen LogP contribution in [0.1, 0.15) is 41.4 Å². The summed E-state index contributed by atoms with van der Waals surface area (Å²) in [6.07, 6.45) is 0.408. The molecule has 9 heteroatoms. The topological polar surface area (TPSA) is 117 Å². The minimum absolute atomic E-state index is 0.120. The summed E-state index contributed by atoms with van der Waals surface area (Å²) in [5, 5.41) is 15.5. The van der Waals surface area contributed by atoms with Crippen LogP contribution in [0, 0.1) is 11.6 Å². The van der Waals surface area contributed by atoms with Crippen LogP contribution in [0.2, 0.25) is 0 Å². The Morgan fingerprint density at radius 2 is 1.79 bits per heavy atom. The summed E-state index contributed by atoms with van der Waals surface area (Å²) in [7, 11) is 0. The average Bonchev–Trinajstić information content (AvgIpc) is 2.78. The highest BCUT2D eigenvalue weighted by Crippen LogP contribution is 2.29. The molecule has 0 radical (unpaired) electrons. The monoisotopic (exact) mass is 454 g/mol. The molecule has 0 saturated carbocycles. The van der Waals surface area contributed by atoms with Crippen molar-refractivity contribution in [1.82, 2.24) is 10.3 Å². The number of nitrogens with zero attached hydrogens (tertiary/aromatic N) is 1. The lowest BCUT2D eigenvalue weighted by Gasteiger charge is -2.15. The number of rotatable bonds is 7. The zero-order valence-electron chi connectivity index (χ0n) is 18.2. The highest BCUT2D eigenvalue weighted by atomic mass is 19.1. The van der Waals surface area contributed by atoms with Crippen LogP contribution < -0.4 is 16.4 Å². The quantitative estimate of drug-likeness (QED) is 0.435. The summed E-state index contributed by atoms with van der Waals surface area (Å²) >= 11 is 0. The van der Waals surface area contributed by atoms with Crippen molar-refractivity contribution in [2.24, 2.45) is 0 Å². The predicted molar refractivity (Wildman–Crippen MR) is 121 cm³/mol. The first-order chi connectivity index (χ1) is 15.7. The number of aryl methyl sites for hydroxylation is 1. The number of anilines is 2. The Morgan fingerprint density at radius 1 is 1.09 bits per heavy atom. The Hall–Kier alpha value is -3.85. The van der Waals surface area contributed by atoms with Gasteiger partial charge in [0.25, 0.3) is 11.8 Å². The number of benzene rings is 2. The van der Waals surface area contributed by atoms with Crippen LogP contribution in [0.25, 0.3) is 11.1 Å². The van der Waals surface area contributed by atoms with Gasteiger partial charge >= 0.3 is 0 Å². The summed E-state index contributed by atoms with van der Waals surface area (Å²) in [5.74, 6) is -2.82. The van der Waals surface area contributed by atoms with Gasteiger partial charge in [-0.2, -0.15) is 0 Å². The van der Waals surface area contributed by atoms with Crippen molar-refractivity contribution < 1.29 is 23.5 Å². The maximum atomic E-state index is 13.4. The number of nitrogen functional groups attached to an aromatic ring is 1. The standard InChI is InChI=1S/C24H24F2N4O3/c1-3-13-9-18(30-24(33)21(31)14-7-16(25)11-17(26)8-14)5-6-19(13)15-10-20(22(27)29-12-15)23(32)28-4-2/h5-12,21,31H,3-4H2,1-2H3,(H2,27,29)(H,28,32)(H,30,33)/t21-/m0/s1. The Morgan fingerprint density at radius 3 is 2.42 bits per heavy atom. The second kappa shape index (κ2) is 10.2. The van der Waals surface area contributed by atoms with Gasteiger partial charge in [-0.15, -0.1) is 0 Å². The molecule has 172 valence electrons. The molecule has 0 bridgehead atoms. The first-order valence-corrected chi connectivity index (χ1v) is 10.3. The SMILES string of the molecule is CCNC(=O)c1cc(-c2ccc(NC(=O)[C@@H](O)c3cc(F)cc(F)c3)cc2CC)cnc1N. The molecular formula is C24H24F2N4O3. The largest absolute Gasteiger partial charge is 0.383 e. The van der Waals surface area contributed by atoms with E-state index >= 15 is 0 Å². The molecule has 5 N–H and O–H groups in total. The zero-order valence-corrected chi connectivity index (χ0v) is 18.2. The number of aromatic nitrogens is 1. The minimum Gasteiger partial charge on any atom is -0.383 e. The van der Waals surface area contributed by atoms with Gasteiger partial charge in [-0.25, -0.2) is 13.8 Å². The predicted octanol–water partition coefficient (Wildman–Crippen LogP) is 3.59. The fourth-order valence-corrected chi connectivity index (χ4v) is 3.40. The average molecular weight is 454 g/mol. The Bertz CT molecular complexity index is 1180. The van der Waals surface area contributed by atoms with E-state index in [1.807, 2.05) is 6.92 Å². The van der Waals surface area contributed by atoms with Crippen LogP contribution in [-0.2, 0) is 11.2 Å². The molecule has 0 spiro atoms. The van der Waals surface area contributed by atoms with E-state index in [1.54, 1.807) is 37.4 Å². The van der Waals surface area contributed by atoms with Crippen molar-refractivity contribution >= 4 is 23.3 Å². The molecule has 0 aliphatic heterocycles. The molecule has 2 aromatic carbocycles. The van der Waals surface area contributed by atoms with Crippen LogP contribution in [0.15, 0.2) is 48.7 Å². The van der Waals surface area contributed by atoms with Crippen molar-refractivity contribution in [3.63, 3.8) is 0 Å². The molecular weight excluding hydrogens is 430 g/mol. The van der Waals surface area contributed by atoms with Crippen LogP contribution in [0.4, 0.5) is 20.3 Å². The molecule has 1 atom stereocenters. The molecule has 3 aromatic rings. The van der Waals surface area contributed by atoms with Gasteiger partial charge in [-0.3, -0.25) is 9.59 Å². The molecule has 0 fully saturated rings. The van der Waals surface area contributed by atoms with Crippen LogP contribution in [0.3, 0.4) is 0 Å². The maximum Gasteiger partial charge on any atom is 0.257 e. The molecule has 0 aliphatic carbocycles. The fourth-order valence-electron chi connectivity index (χ4n) is 3.40. The number of hydrogen-bond acceptors (Lipinski definition) is 5. The maximum absolute atomic E-state index is 13.4. The second-order valence-electron chi connectivity index (χ2n) is 7.34. The van der Waals surface area contributed by atoms with Crippen molar-refractivity contribution in [2.45, 2.75) is 26.4 Å². The van der Waals surface area contributed by atoms with E-state index in [9.17, 15) is 23.5 Å². The normalized spacial score (nSPS) is 11.7. The molecule has 33 heavy (non-hydrogen) atoms. The summed E-state index contributed by atoms with van der Waals surface area (Å²) in [6, 6.07) is 9.19. The number of nitrogens with one attached hydrogen (secondary N) is 2. The number of hydrogen-bond donors (Lipinski definition) is 4. The van der Waals surface area contributed by atoms with Gasteiger partial charge in [0.1, 0.15) is 17.5 Å². The van der Waals surface area contributed by atoms with E-state index in [2.05, 4.69) is 15.6 Å². The zero-order chi connectivity index (χ0) is 24.1. The van der Waals surface area contributed by atoms with Crippen LogP contribution >= 0.6 is 0 Å². The second-order valence-corrected chi connectivity index (χ2v) is 7.34. The van der Waals surface area contributed by atoms with E-state index in [1.165, 1.54) is 0 Å². The first kappa shape index (κ1) is 23.8. The van der Waals surface area contributed by atoms with Crippen LogP contribution in [0.5, 0.6) is 0 Å². The van der Waals surface area contributed by atoms with Gasteiger partial charge in [-0.05, 0) is 60.4 Å². The lowest BCUT2D eigenvalue weighted by atomic mass is 9.97. The fraction of sp³-hybridized carbons (Fsp3) is 0.208. The van der Waals surface area contributed by atoms with Crippen molar-refractivity contribution in [2.75, 3.05) is 17.6 Å². The third-order valence-electron chi connectivity index (χ3n) is 5.01. The lowest BCUT2D eigenvalue weighted by Crippen LogP contribution is -2.24. The molecule has 7 nitrogen and oxygen atoms in total. The van der Waals surface area contributed by atoms with E-state index in [4.69, 9.17) is 5.73 Å². The number of aliphatic hydroxyl groups excluding tert-OH is 1.